The van der Waals surface area contributed by atoms with Gasteiger partial charge in [-0.25, -0.2) is 9.59 Å². The number of likely N-dealkylation sites (tertiary alicyclic amines) is 1. The van der Waals surface area contributed by atoms with Gasteiger partial charge < -0.3 is 25.0 Å². The molecule has 2 amide bonds. The largest absolute Gasteiger partial charge is 0.479 e. The first-order valence-corrected chi connectivity index (χ1v) is 6.31. The van der Waals surface area contributed by atoms with Crippen molar-refractivity contribution >= 4 is 12.0 Å². The highest BCUT2D eigenvalue weighted by Gasteiger charge is 2.33. The molecule has 0 aliphatic carbocycles. The summed E-state index contributed by atoms with van der Waals surface area (Å²) in [5.74, 6) is -0.679. The number of urea groups is 1. The van der Waals surface area contributed by atoms with E-state index in [4.69, 9.17) is 9.84 Å². The van der Waals surface area contributed by atoms with Gasteiger partial charge in [-0.2, -0.15) is 0 Å². The van der Waals surface area contributed by atoms with Crippen molar-refractivity contribution in [3.63, 3.8) is 0 Å². The van der Waals surface area contributed by atoms with E-state index in [1.54, 1.807) is 4.90 Å². The van der Waals surface area contributed by atoms with Gasteiger partial charge in [0.25, 0.3) is 0 Å². The van der Waals surface area contributed by atoms with Crippen LogP contribution in [-0.2, 0) is 9.53 Å². The van der Waals surface area contributed by atoms with E-state index in [9.17, 15) is 9.59 Å². The predicted molar refractivity (Wildman–Crippen MR) is 70.0 cm³/mol. The predicted octanol–water partition coefficient (Wildman–Crippen LogP) is -0.322. The number of methoxy groups -OCH3 is 1. The molecule has 7 heteroatoms. The van der Waals surface area contributed by atoms with Gasteiger partial charge in [-0.1, -0.05) is 6.92 Å². The Bertz CT molecular complexity index is 335. The van der Waals surface area contributed by atoms with Crippen molar-refractivity contribution < 1.29 is 19.4 Å². The quantitative estimate of drug-likeness (QED) is 0.717. The van der Waals surface area contributed by atoms with Gasteiger partial charge in [0.15, 0.2) is 6.10 Å². The zero-order valence-corrected chi connectivity index (χ0v) is 11.9. The Morgan fingerprint density at radius 2 is 2.11 bits per heavy atom. The molecule has 1 saturated heterocycles. The maximum absolute atomic E-state index is 11.9. The van der Waals surface area contributed by atoms with Gasteiger partial charge in [0.2, 0.25) is 0 Å². The monoisotopic (exact) mass is 273 g/mol. The number of rotatable bonds is 5. The normalized spacial score (nSPS) is 24.6. The lowest BCUT2D eigenvalue weighted by Crippen LogP contribution is -2.45. The molecule has 0 spiro atoms. The summed E-state index contributed by atoms with van der Waals surface area (Å²) in [7, 11) is 5.30. The Hall–Kier alpha value is -1.34. The van der Waals surface area contributed by atoms with Gasteiger partial charge in [0, 0.05) is 26.2 Å². The van der Waals surface area contributed by atoms with Crippen molar-refractivity contribution in [2.24, 2.45) is 5.92 Å². The maximum Gasteiger partial charge on any atom is 0.334 e. The van der Waals surface area contributed by atoms with Gasteiger partial charge in [-0.3, -0.25) is 0 Å². The Morgan fingerprint density at radius 3 is 2.53 bits per heavy atom. The van der Waals surface area contributed by atoms with E-state index in [-0.39, 0.29) is 12.6 Å². The van der Waals surface area contributed by atoms with Crippen molar-refractivity contribution in [3.05, 3.63) is 0 Å². The highest BCUT2D eigenvalue weighted by Crippen LogP contribution is 2.19. The van der Waals surface area contributed by atoms with E-state index in [1.807, 2.05) is 14.1 Å². The molecule has 110 valence electrons. The molecule has 1 rings (SSSR count). The number of nitrogens with zero attached hydrogens (tertiary/aromatic N) is 2. The smallest absolute Gasteiger partial charge is 0.334 e. The van der Waals surface area contributed by atoms with Crippen LogP contribution in [0, 0.1) is 5.92 Å². The summed E-state index contributed by atoms with van der Waals surface area (Å²) < 4.78 is 4.76. The molecule has 1 aliphatic rings. The van der Waals surface area contributed by atoms with E-state index < -0.39 is 12.1 Å². The molecular weight excluding hydrogens is 250 g/mol. The molecule has 0 radical (unpaired) electrons. The topological polar surface area (TPSA) is 82.1 Å². The number of likely N-dealkylation sites (N-methyl/N-ethyl adjacent to an activating group) is 1. The summed E-state index contributed by atoms with van der Waals surface area (Å²) in [5, 5.41) is 11.4. The lowest BCUT2D eigenvalue weighted by atomic mass is 10.1. The van der Waals surface area contributed by atoms with Crippen molar-refractivity contribution in [2.75, 3.05) is 40.8 Å². The molecule has 19 heavy (non-hydrogen) atoms. The molecule has 3 unspecified atom stereocenters. The Kier molecular flexibility index (Phi) is 5.56. The highest BCUT2D eigenvalue weighted by atomic mass is 16.5. The molecule has 1 heterocycles. The second-order valence-corrected chi connectivity index (χ2v) is 5.16. The molecule has 2 N–H and O–H groups in total. The summed E-state index contributed by atoms with van der Waals surface area (Å²) in [6, 6.07) is 0.0999. The van der Waals surface area contributed by atoms with Gasteiger partial charge in [-0.05, 0) is 20.0 Å². The fourth-order valence-electron chi connectivity index (χ4n) is 2.35. The average molecular weight is 273 g/mol. The minimum absolute atomic E-state index is 0.0256. The first kappa shape index (κ1) is 15.7. The molecule has 1 fully saturated rings. The van der Waals surface area contributed by atoms with Crippen LogP contribution in [0.3, 0.4) is 0 Å². The molecule has 7 nitrogen and oxygen atoms in total. The second-order valence-electron chi connectivity index (χ2n) is 5.16. The van der Waals surface area contributed by atoms with E-state index in [0.29, 0.717) is 25.0 Å². The van der Waals surface area contributed by atoms with Gasteiger partial charge >= 0.3 is 12.0 Å². The van der Waals surface area contributed by atoms with E-state index in [2.05, 4.69) is 17.1 Å². The third-order valence-electron chi connectivity index (χ3n) is 3.52. The minimum atomic E-state index is -1.08. The fourth-order valence-corrected chi connectivity index (χ4v) is 2.35. The number of carboxylic acid groups (broad SMARTS) is 1. The standard InChI is InChI=1S/C12H23N3O4/c1-8-6-15(7-9(8)14(2)3)12(18)13-5-10(19-4)11(16)17/h8-10H,5-7H2,1-4H3,(H,13,18)(H,16,17). The summed E-state index contributed by atoms with van der Waals surface area (Å²) in [6.45, 7) is 3.42. The Balaban J connectivity index is 2.45. The molecule has 0 saturated carbocycles. The SMILES string of the molecule is COC(CNC(=O)N1CC(C)C(N(C)C)C1)C(=O)O. The molecule has 3 atom stereocenters. The lowest BCUT2D eigenvalue weighted by molar-refractivity contribution is -0.148. The number of carboxylic acids is 1. The van der Waals surface area contributed by atoms with Crippen LogP contribution in [0.25, 0.3) is 0 Å². The van der Waals surface area contributed by atoms with Crippen LogP contribution in [0.1, 0.15) is 6.92 Å². The number of ether oxygens (including phenoxy) is 1. The maximum atomic E-state index is 11.9. The first-order chi connectivity index (χ1) is 8.86. The number of hydrogen-bond donors (Lipinski definition) is 2. The van der Waals surface area contributed by atoms with Crippen molar-refractivity contribution in [1.29, 1.82) is 0 Å². The number of hydrogen-bond acceptors (Lipinski definition) is 4. The number of aliphatic carboxylic acids is 1. The summed E-state index contributed by atoms with van der Waals surface area (Å²) in [4.78, 5) is 26.5. The van der Waals surface area contributed by atoms with Crippen molar-refractivity contribution in [3.8, 4) is 0 Å². The van der Waals surface area contributed by atoms with Crippen LogP contribution in [0.15, 0.2) is 0 Å². The summed E-state index contributed by atoms with van der Waals surface area (Å²) >= 11 is 0. The zero-order valence-electron chi connectivity index (χ0n) is 11.9. The Labute approximate surface area is 113 Å². The van der Waals surface area contributed by atoms with Gasteiger partial charge in [0.05, 0.1) is 6.54 Å². The third-order valence-corrected chi connectivity index (χ3v) is 3.52. The first-order valence-electron chi connectivity index (χ1n) is 6.31. The van der Waals surface area contributed by atoms with Crippen LogP contribution < -0.4 is 5.32 Å². The van der Waals surface area contributed by atoms with Crippen molar-refractivity contribution in [2.45, 2.75) is 19.1 Å². The number of nitrogens with one attached hydrogen (secondary N) is 1. The number of carbonyl (C=O) groups excluding carboxylic acids is 1. The van der Waals surface area contributed by atoms with E-state index >= 15 is 0 Å². The lowest BCUT2D eigenvalue weighted by Gasteiger charge is -2.22. The average Bonchev–Trinajstić information content (AvgIpc) is 2.71. The van der Waals surface area contributed by atoms with Crippen LogP contribution in [-0.4, -0.2) is 79.9 Å². The zero-order chi connectivity index (χ0) is 14.6. The molecule has 1 aliphatic heterocycles. The molecule has 0 aromatic rings. The fraction of sp³-hybridized carbons (Fsp3) is 0.833. The van der Waals surface area contributed by atoms with Crippen LogP contribution in [0.5, 0.6) is 0 Å². The highest BCUT2D eigenvalue weighted by molar-refractivity contribution is 5.77. The van der Waals surface area contributed by atoms with Crippen LogP contribution in [0.4, 0.5) is 4.79 Å². The second kappa shape index (κ2) is 6.72. The summed E-state index contributed by atoms with van der Waals surface area (Å²) in [6.07, 6.45) is -1.01. The number of amides is 2. The van der Waals surface area contributed by atoms with Crippen LogP contribution >= 0.6 is 0 Å². The molecule has 0 aromatic carbocycles. The number of carbonyl (C=O) groups is 2. The van der Waals surface area contributed by atoms with E-state index in [0.717, 1.165) is 0 Å². The minimum Gasteiger partial charge on any atom is -0.479 e. The molecular formula is C12H23N3O4. The molecule has 0 aromatic heterocycles. The van der Waals surface area contributed by atoms with Gasteiger partial charge in [0.1, 0.15) is 0 Å². The summed E-state index contributed by atoms with van der Waals surface area (Å²) in [5.41, 5.74) is 0. The molecule has 0 bridgehead atoms. The van der Waals surface area contributed by atoms with E-state index in [1.165, 1.54) is 7.11 Å². The third kappa shape index (κ3) is 4.07. The van der Waals surface area contributed by atoms with Crippen molar-refractivity contribution in [1.82, 2.24) is 15.1 Å². The van der Waals surface area contributed by atoms with Crippen LogP contribution in [0.2, 0.25) is 0 Å². The Morgan fingerprint density at radius 1 is 1.47 bits per heavy atom. The van der Waals surface area contributed by atoms with Gasteiger partial charge in [-0.15, -0.1) is 0 Å².